The third-order valence-electron chi connectivity index (χ3n) is 4.90. The number of anilines is 1. The quantitative estimate of drug-likeness (QED) is 0.262. The molecule has 0 spiro atoms. The summed E-state index contributed by atoms with van der Waals surface area (Å²) < 4.78 is 23.6. The number of aromatic amines is 1. The summed E-state index contributed by atoms with van der Waals surface area (Å²) in [5.41, 5.74) is 6.20. The minimum Gasteiger partial charge on any atom is -0.468 e. The summed E-state index contributed by atoms with van der Waals surface area (Å²) in [6.07, 6.45) is 0.928. The third kappa shape index (κ3) is 4.25. The molecule has 0 bridgehead atoms. The molecule has 2 aromatic heterocycles. The highest BCUT2D eigenvalue weighted by Gasteiger charge is 2.39. The van der Waals surface area contributed by atoms with E-state index in [-0.39, 0.29) is 29.8 Å². The lowest BCUT2D eigenvalue weighted by Crippen LogP contribution is -2.30. The van der Waals surface area contributed by atoms with Crippen LogP contribution in [0, 0.1) is 5.92 Å². The molecule has 3 rings (SSSR count). The molecule has 1 fully saturated rings. The van der Waals surface area contributed by atoms with Crippen molar-refractivity contribution in [3.8, 4) is 0 Å². The summed E-state index contributed by atoms with van der Waals surface area (Å²) in [5.74, 6) is -1.11. The SMILES string of the molecule is C=C1[C@H](CO[PH](=O)N[C@@H](C)C(=O)OC)[C@@H](O)C[C@@H]1n1cnc2c(=O)[nH]c(N)nc21. The molecular weight excluding hydrogens is 403 g/mol. The first-order valence-corrected chi connectivity index (χ1v) is 10.1. The topological polar surface area (TPSA) is 174 Å². The molecule has 0 radical (unpaired) electrons. The third-order valence-corrected chi connectivity index (χ3v) is 6.00. The van der Waals surface area contributed by atoms with Gasteiger partial charge in [-0.15, -0.1) is 0 Å². The fourth-order valence-electron chi connectivity index (χ4n) is 3.34. The number of nitrogens with one attached hydrogen (secondary N) is 2. The van der Waals surface area contributed by atoms with Gasteiger partial charge in [-0.2, -0.15) is 4.98 Å². The second-order valence-corrected chi connectivity index (χ2v) is 7.92. The van der Waals surface area contributed by atoms with E-state index >= 15 is 0 Å². The molecule has 0 saturated heterocycles. The number of imidazole rings is 1. The molecule has 1 unspecified atom stereocenters. The van der Waals surface area contributed by atoms with Crippen molar-refractivity contribution in [3.05, 3.63) is 28.8 Å². The number of nitrogens with zero attached hydrogens (tertiary/aromatic N) is 3. The molecule has 12 nitrogen and oxygen atoms in total. The second-order valence-electron chi connectivity index (χ2n) is 6.76. The first kappa shape index (κ1) is 21.2. The van der Waals surface area contributed by atoms with Gasteiger partial charge in [-0.05, 0) is 18.9 Å². The Morgan fingerprint density at radius 1 is 1.62 bits per heavy atom. The highest BCUT2D eigenvalue weighted by Crippen LogP contribution is 2.41. The number of rotatable bonds is 7. The number of nitrogens with two attached hydrogens (primary N) is 1. The molecule has 1 aliphatic rings. The molecule has 0 amide bonds. The molecule has 5 N–H and O–H groups in total. The predicted molar refractivity (Wildman–Crippen MR) is 104 cm³/mol. The summed E-state index contributed by atoms with van der Waals surface area (Å²) in [6, 6.07) is -1.18. The zero-order valence-electron chi connectivity index (χ0n) is 15.9. The summed E-state index contributed by atoms with van der Waals surface area (Å²) in [7, 11) is -1.51. The summed E-state index contributed by atoms with van der Waals surface area (Å²) in [5, 5.41) is 13.0. The monoisotopic (exact) mass is 426 g/mol. The van der Waals surface area contributed by atoms with E-state index in [0.717, 1.165) is 0 Å². The van der Waals surface area contributed by atoms with Gasteiger partial charge in [-0.1, -0.05) is 6.58 Å². The average molecular weight is 426 g/mol. The zero-order valence-corrected chi connectivity index (χ0v) is 16.9. The van der Waals surface area contributed by atoms with Gasteiger partial charge >= 0.3 is 5.97 Å². The van der Waals surface area contributed by atoms with Crippen LogP contribution in [0.1, 0.15) is 19.4 Å². The number of carbonyl (C=O) groups is 1. The molecule has 158 valence electrons. The molecule has 2 aromatic rings. The minimum absolute atomic E-state index is 0.0438. The van der Waals surface area contributed by atoms with Crippen molar-refractivity contribution in [1.29, 1.82) is 0 Å². The van der Waals surface area contributed by atoms with Gasteiger partial charge in [0.05, 0.1) is 32.2 Å². The molecule has 1 saturated carbocycles. The number of fused-ring (bicyclic) bond motifs is 1. The van der Waals surface area contributed by atoms with E-state index < -0.39 is 37.8 Å². The number of aromatic nitrogens is 4. The van der Waals surface area contributed by atoms with Crippen molar-refractivity contribution < 1.29 is 23.7 Å². The van der Waals surface area contributed by atoms with Crippen LogP contribution in [0.25, 0.3) is 11.2 Å². The first-order chi connectivity index (χ1) is 13.7. The Hall–Kier alpha value is -2.53. The van der Waals surface area contributed by atoms with Gasteiger partial charge in [0.2, 0.25) is 5.95 Å². The number of aliphatic hydroxyl groups excluding tert-OH is 1. The molecule has 29 heavy (non-hydrogen) atoms. The highest BCUT2D eigenvalue weighted by molar-refractivity contribution is 7.36. The predicted octanol–water partition coefficient (Wildman–Crippen LogP) is -0.263. The molecule has 5 atom stereocenters. The number of H-pyrrole nitrogens is 1. The van der Waals surface area contributed by atoms with Crippen LogP contribution in [-0.2, 0) is 18.6 Å². The maximum Gasteiger partial charge on any atom is 0.322 e. The maximum atomic E-state index is 12.1. The van der Waals surface area contributed by atoms with Crippen LogP contribution in [-0.4, -0.2) is 56.5 Å². The van der Waals surface area contributed by atoms with E-state index in [1.54, 1.807) is 4.57 Å². The van der Waals surface area contributed by atoms with Gasteiger partial charge in [-0.25, -0.2) is 10.1 Å². The summed E-state index contributed by atoms with van der Waals surface area (Å²) in [6.45, 7) is 5.48. The van der Waals surface area contributed by atoms with Crippen molar-refractivity contribution in [2.24, 2.45) is 5.92 Å². The largest absolute Gasteiger partial charge is 0.468 e. The Labute approximate surface area is 166 Å². The van der Waals surface area contributed by atoms with Gasteiger partial charge in [-0.3, -0.25) is 19.1 Å². The van der Waals surface area contributed by atoms with Crippen molar-refractivity contribution in [3.63, 3.8) is 0 Å². The number of ether oxygens (including phenoxy) is 1. The Balaban J connectivity index is 1.71. The Bertz CT molecular complexity index is 1020. The lowest BCUT2D eigenvalue weighted by atomic mass is 10.0. The van der Waals surface area contributed by atoms with Crippen LogP contribution < -0.4 is 16.4 Å². The van der Waals surface area contributed by atoms with E-state index in [1.807, 2.05) is 0 Å². The standard InChI is InChI=1S/C16H23N6O6P/c1-7-9(5-28-29(26)21-8(2)15(25)27-3)11(23)4-10(7)22-6-18-12-13(22)19-16(17)20-14(12)24/h6,8-11,23,29H,1,4-5H2,2-3H3,(H,21,26)(H3,17,19,20,24)/t8-,9-,10-,11-/m0/s1. The summed E-state index contributed by atoms with van der Waals surface area (Å²) in [4.78, 5) is 33.9. The summed E-state index contributed by atoms with van der Waals surface area (Å²) >= 11 is 0. The van der Waals surface area contributed by atoms with Gasteiger partial charge < -0.3 is 24.7 Å². The van der Waals surface area contributed by atoms with Crippen molar-refractivity contribution in [2.75, 3.05) is 19.5 Å². The Kier molecular flexibility index (Phi) is 6.18. The number of hydrogen-bond donors (Lipinski definition) is 4. The molecular formula is C16H23N6O6P. The van der Waals surface area contributed by atoms with Crippen LogP contribution in [0.15, 0.2) is 23.3 Å². The molecule has 13 heteroatoms. The van der Waals surface area contributed by atoms with E-state index in [4.69, 9.17) is 10.3 Å². The van der Waals surface area contributed by atoms with E-state index in [2.05, 4.69) is 31.4 Å². The van der Waals surface area contributed by atoms with Gasteiger partial charge in [0.1, 0.15) is 6.04 Å². The first-order valence-electron chi connectivity index (χ1n) is 8.83. The number of aliphatic hydroxyl groups is 1. The lowest BCUT2D eigenvalue weighted by Gasteiger charge is -2.18. The van der Waals surface area contributed by atoms with Crippen LogP contribution in [0.2, 0.25) is 0 Å². The minimum atomic E-state index is -2.74. The smallest absolute Gasteiger partial charge is 0.322 e. The van der Waals surface area contributed by atoms with Crippen LogP contribution >= 0.6 is 8.18 Å². The van der Waals surface area contributed by atoms with Crippen LogP contribution in [0.4, 0.5) is 5.95 Å². The van der Waals surface area contributed by atoms with Crippen molar-refractivity contribution in [2.45, 2.75) is 31.5 Å². The van der Waals surface area contributed by atoms with Gasteiger partial charge in [0, 0.05) is 5.92 Å². The molecule has 1 aliphatic carbocycles. The average Bonchev–Trinajstić information content (AvgIpc) is 3.20. The number of hydrogen-bond acceptors (Lipinski definition) is 9. The Morgan fingerprint density at radius 3 is 3.03 bits per heavy atom. The van der Waals surface area contributed by atoms with E-state index in [1.165, 1.54) is 20.4 Å². The number of nitrogen functional groups attached to an aromatic ring is 1. The fourth-order valence-corrected chi connectivity index (χ4v) is 4.23. The second kappa shape index (κ2) is 8.46. The van der Waals surface area contributed by atoms with Gasteiger partial charge in [0.15, 0.2) is 11.2 Å². The lowest BCUT2D eigenvalue weighted by molar-refractivity contribution is -0.142. The maximum absolute atomic E-state index is 12.1. The highest BCUT2D eigenvalue weighted by atomic mass is 31.1. The number of methoxy groups -OCH3 is 1. The van der Waals surface area contributed by atoms with Crippen molar-refractivity contribution in [1.82, 2.24) is 24.6 Å². The number of esters is 1. The molecule has 0 aliphatic heterocycles. The number of carbonyl (C=O) groups excluding carboxylic acids is 1. The Morgan fingerprint density at radius 2 is 2.34 bits per heavy atom. The normalized spacial score (nSPS) is 24.0. The van der Waals surface area contributed by atoms with Crippen LogP contribution in [0.3, 0.4) is 0 Å². The molecule has 0 aromatic carbocycles. The van der Waals surface area contributed by atoms with Gasteiger partial charge in [0.25, 0.3) is 13.7 Å². The van der Waals surface area contributed by atoms with Crippen LogP contribution in [0.5, 0.6) is 0 Å². The van der Waals surface area contributed by atoms with E-state index in [0.29, 0.717) is 12.0 Å². The zero-order chi connectivity index (χ0) is 21.3. The van der Waals surface area contributed by atoms with E-state index in [9.17, 15) is 19.3 Å². The molecule has 2 heterocycles. The van der Waals surface area contributed by atoms with Crippen molar-refractivity contribution >= 4 is 31.3 Å². The fraction of sp³-hybridized carbons (Fsp3) is 0.500.